The van der Waals surface area contributed by atoms with Crippen molar-refractivity contribution in [1.29, 1.82) is 0 Å². The normalized spacial score (nSPS) is 11.4. The number of hydrogen-bond acceptors (Lipinski definition) is 2. The number of benzene rings is 1. The van der Waals surface area contributed by atoms with Crippen LogP contribution in [0.15, 0.2) is 46.1 Å². The van der Waals surface area contributed by atoms with Crippen LogP contribution >= 0.6 is 11.3 Å². The number of rotatable bonds is 5. The lowest BCUT2D eigenvalue weighted by Crippen LogP contribution is -2.37. The minimum atomic E-state index is -0.200. The predicted octanol–water partition coefficient (Wildman–Crippen LogP) is 3.14. The molecule has 0 spiro atoms. The molecule has 0 aliphatic heterocycles. The topological polar surface area (TPSA) is 36.4 Å². The maximum absolute atomic E-state index is 13.5. The molecule has 0 saturated heterocycles. The van der Waals surface area contributed by atoms with Crippen molar-refractivity contribution >= 4 is 17.3 Å². The van der Waals surface area contributed by atoms with Crippen molar-refractivity contribution in [2.75, 3.05) is 6.54 Å². The first-order valence-electron chi connectivity index (χ1n) is 6.56. The maximum Gasteiger partial charge on any atom is 0.191 e. The van der Waals surface area contributed by atoms with E-state index < -0.39 is 0 Å². The second-order valence-electron chi connectivity index (χ2n) is 4.27. The van der Waals surface area contributed by atoms with Crippen LogP contribution in [0.2, 0.25) is 0 Å². The third-order valence-electron chi connectivity index (χ3n) is 2.75. The molecule has 2 rings (SSSR count). The molecule has 0 atom stereocenters. The molecule has 5 heteroatoms. The molecule has 0 unspecified atom stereocenters. The fourth-order valence-electron chi connectivity index (χ4n) is 1.72. The van der Waals surface area contributed by atoms with Gasteiger partial charge >= 0.3 is 0 Å². The fourth-order valence-corrected chi connectivity index (χ4v) is 2.38. The molecule has 0 saturated carbocycles. The molecule has 106 valence electrons. The van der Waals surface area contributed by atoms with E-state index >= 15 is 0 Å². The minimum Gasteiger partial charge on any atom is -0.357 e. The van der Waals surface area contributed by atoms with Crippen LogP contribution in [0.4, 0.5) is 4.39 Å². The third kappa shape index (κ3) is 4.35. The summed E-state index contributed by atoms with van der Waals surface area (Å²) < 4.78 is 13.5. The molecule has 0 amide bonds. The van der Waals surface area contributed by atoms with Gasteiger partial charge in [-0.25, -0.2) is 9.38 Å². The molecule has 3 nitrogen and oxygen atoms in total. The highest BCUT2D eigenvalue weighted by Gasteiger charge is 2.02. The van der Waals surface area contributed by atoms with Crippen LogP contribution in [0.3, 0.4) is 0 Å². The van der Waals surface area contributed by atoms with Gasteiger partial charge in [-0.2, -0.15) is 11.3 Å². The summed E-state index contributed by atoms with van der Waals surface area (Å²) in [4.78, 5) is 4.48. The number of aliphatic imine (C=N–C) groups is 1. The van der Waals surface area contributed by atoms with Gasteiger partial charge in [0.05, 0.1) is 6.54 Å². The Balaban J connectivity index is 1.95. The molecule has 0 bridgehead atoms. The van der Waals surface area contributed by atoms with Crippen molar-refractivity contribution in [2.24, 2.45) is 4.99 Å². The summed E-state index contributed by atoms with van der Waals surface area (Å²) in [6, 6.07) is 8.80. The lowest BCUT2D eigenvalue weighted by Gasteiger charge is -2.11. The molecule has 20 heavy (non-hydrogen) atoms. The van der Waals surface area contributed by atoms with Gasteiger partial charge in [-0.1, -0.05) is 18.2 Å². The van der Waals surface area contributed by atoms with E-state index in [1.807, 2.05) is 18.4 Å². The molecule has 1 heterocycles. The van der Waals surface area contributed by atoms with Crippen LogP contribution in [0.1, 0.15) is 18.1 Å². The number of halogens is 1. The first-order valence-corrected chi connectivity index (χ1v) is 7.50. The van der Waals surface area contributed by atoms with Crippen LogP contribution in [-0.2, 0) is 13.1 Å². The number of nitrogens with one attached hydrogen (secondary N) is 2. The Morgan fingerprint density at radius 2 is 2.10 bits per heavy atom. The smallest absolute Gasteiger partial charge is 0.191 e. The lowest BCUT2D eigenvalue weighted by atomic mass is 10.2. The highest BCUT2D eigenvalue weighted by molar-refractivity contribution is 7.07. The van der Waals surface area contributed by atoms with Crippen LogP contribution in [0.5, 0.6) is 0 Å². The zero-order valence-corrected chi connectivity index (χ0v) is 12.2. The number of guanidine groups is 1. The SMILES string of the molecule is CCNC(=NCc1ccsc1)NCc1ccccc1F. The summed E-state index contributed by atoms with van der Waals surface area (Å²) in [6.45, 7) is 3.82. The molecule has 2 aromatic rings. The van der Waals surface area contributed by atoms with E-state index in [0.29, 0.717) is 24.6 Å². The summed E-state index contributed by atoms with van der Waals surface area (Å²) in [5.41, 5.74) is 1.81. The quantitative estimate of drug-likeness (QED) is 0.656. The van der Waals surface area contributed by atoms with Crippen molar-refractivity contribution in [1.82, 2.24) is 10.6 Å². The van der Waals surface area contributed by atoms with Gasteiger partial charge in [0.1, 0.15) is 5.82 Å². The highest BCUT2D eigenvalue weighted by atomic mass is 32.1. The fraction of sp³-hybridized carbons (Fsp3) is 0.267. The van der Waals surface area contributed by atoms with Gasteiger partial charge in [0.15, 0.2) is 5.96 Å². The average Bonchev–Trinajstić information content (AvgIpc) is 2.97. The van der Waals surface area contributed by atoms with E-state index in [1.165, 1.54) is 11.6 Å². The van der Waals surface area contributed by atoms with Gasteiger partial charge in [0.25, 0.3) is 0 Å². The second kappa shape index (κ2) is 7.65. The Hall–Kier alpha value is -1.88. The van der Waals surface area contributed by atoms with E-state index in [4.69, 9.17) is 0 Å². The van der Waals surface area contributed by atoms with Gasteiger partial charge in [-0.3, -0.25) is 0 Å². The predicted molar refractivity (Wildman–Crippen MR) is 82.4 cm³/mol. The Morgan fingerprint density at radius 1 is 1.25 bits per heavy atom. The Labute approximate surface area is 122 Å². The van der Waals surface area contributed by atoms with E-state index in [2.05, 4.69) is 27.1 Å². The van der Waals surface area contributed by atoms with Gasteiger partial charge in [-0.05, 0) is 35.4 Å². The van der Waals surface area contributed by atoms with E-state index in [0.717, 1.165) is 6.54 Å². The Morgan fingerprint density at radius 3 is 2.80 bits per heavy atom. The lowest BCUT2D eigenvalue weighted by molar-refractivity contribution is 0.604. The molecule has 0 aliphatic rings. The molecule has 1 aromatic carbocycles. The first-order chi connectivity index (χ1) is 9.79. The van der Waals surface area contributed by atoms with Crippen LogP contribution in [0, 0.1) is 5.82 Å². The van der Waals surface area contributed by atoms with E-state index in [-0.39, 0.29) is 5.82 Å². The molecule has 0 fully saturated rings. The molecular formula is C15H18FN3S. The second-order valence-corrected chi connectivity index (χ2v) is 5.05. The Kier molecular flexibility index (Phi) is 5.55. The van der Waals surface area contributed by atoms with Crippen LogP contribution in [0.25, 0.3) is 0 Å². The van der Waals surface area contributed by atoms with Crippen LogP contribution in [-0.4, -0.2) is 12.5 Å². The van der Waals surface area contributed by atoms with Gasteiger partial charge in [0.2, 0.25) is 0 Å². The summed E-state index contributed by atoms with van der Waals surface area (Å²) in [7, 11) is 0. The molecule has 1 aromatic heterocycles. The monoisotopic (exact) mass is 291 g/mol. The van der Waals surface area contributed by atoms with Gasteiger partial charge in [0, 0.05) is 18.7 Å². The highest BCUT2D eigenvalue weighted by Crippen LogP contribution is 2.07. The first kappa shape index (κ1) is 14.5. The number of nitrogens with zero attached hydrogens (tertiary/aromatic N) is 1. The zero-order chi connectivity index (χ0) is 14.2. The molecule has 0 radical (unpaired) electrons. The minimum absolute atomic E-state index is 0.200. The largest absolute Gasteiger partial charge is 0.357 e. The number of hydrogen-bond donors (Lipinski definition) is 2. The summed E-state index contributed by atoms with van der Waals surface area (Å²) in [6.07, 6.45) is 0. The molecule has 0 aliphatic carbocycles. The Bertz CT molecular complexity index is 552. The maximum atomic E-state index is 13.5. The summed E-state index contributed by atoms with van der Waals surface area (Å²) >= 11 is 1.66. The van der Waals surface area contributed by atoms with Crippen LogP contribution < -0.4 is 10.6 Å². The van der Waals surface area contributed by atoms with Crippen molar-refractivity contribution in [3.63, 3.8) is 0 Å². The summed E-state index contributed by atoms with van der Waals surface area (Å²) in [5, 5.41) is 10.4. The average molecular weight is 291 g/mol. The standard InChI is InChI=1S/C15H18FN3S/c1-2-17-15(18-9-12-7-8-20-11-12)19-10-13-5-3-4-6-14(13)16/h3-8,11H,2,9-10H2,1H3,(H2,17,18,19). The zero-order valence-electron chi connectivity index (χ0n) is 11.4. The third-order valence-corrected chi connectivity index (χ3v) is 3.48. The molecule has 2 N–H and O–H groups in total. The van der Waals surface area contributed by atoms with Crippen molar-refractivity contribution in [3.05, 3.63) is 58.0 Å². The van der Waals surface area contributed by atoms with Crippen molar-refractivity contribution in [3.8, 4) is 0 Å². The van der Waals surface area contributed by atoms with Crippen molar-refractivity contribution in [2.45, 2.75) is 20.0 Å². The van der Waals surface area contributed by atoms with E-state index in [1.54, 1.807) is 23.5 Å². The molecular weight excluding hydrogens is 273 g/mol. The van der Waals surface area contributed by atoms with Gasteiger partial charge in [-0.15, -0.1) is 0 Å². The van der Waals surface area contributed by atoms with Gasteiger partial charge < -0.3 is 10.6 Å². The van der Waals surface area contributed by atoms with Crippen molar-refractivity contribution < 1.29 is 4.39 Å². The number of thiophene rings is 1. The van der Waals surface area contributed by atoms with E-state index in [9.17, 15) is 4.39 Å². The summed E-state index contributed by atoms with van der Waals surface area (Å²) in [5.74, 6) is 0.496.